The Morgan fingerprint density at radius 3 is 1.88 bits per heavy atom. The van der Waals surface area contributed by atoms with Crippen LogP contribution in [0.2, 0.25) is 0 Å². The fourth-order valence-corrected chi connectivity index (χ4v) is 5.46. The van der Waals surface area contributed by atoms with Gasteiger partial charge in [-0.2, -0.15) is 12.6 Å². The van der Waals surface area contributed by atoms with Crippen LogP contribution in [0.4, 0.5) is 4.79 Å². The zero-order valence-electron chi connectivity index (χ0n) is 23.2. The number of thioether (sulfide) groups is 1. The summed E-state index contributed by atoms with van der Waals surface area (Å²) in [6.45, 7) is 1.53. The van der Waals surface area contributed by atoms with Gasteiger partial charge in [0.05, 0.1) is 11.9 Å². The molecule has 42 heavy (non-hydrogen) atoms. The molecular formula is C31H35N3O6S2. The van der Waals surface area contributed by atoms with Gasteiger partial charge in [-0.15, -0.1) is 11.8 Å². The van der Waals surface area contributed by atoms with Crippen molar-refractivity contribution in [2.24, 2.45) is 0 Å². The standard InChI is InChI=1S/C31H35N3O6S2/c1-2-39-27(35)18-32-29(36)25(20-41)33-30(37)26(34-31(38)40-19-22-12-6-3-7-13-22)21-42-28(23-14-8-4-9-15-23)24-16-10-5-11-17-24/h3-17,25-26,28,41H,2,18-21H2,1H3,(H,32,36)(H,33,37)(H,34,38)/t25-,26-/m0/s1. The summed E-state index contributed by atoms with van der Waals surface area (Å²) in [6, 6.07) is 26.7. The molecule has 0 aliphatic rings. The number of rotatable bonds is 15. The van der Waals surface area contributed by atoms with Crippen molar-refractivity contribution < 1.29 is 28.7 Å². The Labute approximate surface area is 255 Å². The van der Waals surface area contributed by atoms with E-state index in [4.69, 9.17) is 9.47 Å². The quantitative estimate of drug-likeness (QED) is 0.152. The summed E-state index contributed by atoms with van der Waals surface area (Å²) in [5.41, 5.74) is 2.86. The lowest BCUT2D eigenvalue weighted by Crippen LogP contribution is -2.55. The van der Waals surface area contributed by atoms with E-state index >= 15 is 0 Å². The normalized spacial score (nSPS) is 12.1. The Kier molecular flexibility index (Phi) is 13.8. The third kappa shape index (κ3) is 10.8. The van der Waals surface area contributed by atoms with Gasteiger partial charge < -0.3 is 25.4 Å². The summed E-state index contributed by atoms with van der Waals surface area (Å²) in [6.07, 6.45) is -0.773. The van der Waals surface area contributed by atoms with Crippen molar-refractivity contribution >= 4 is 48.3 Å². The van der Waals surface area contributed by atoms with Crippen LogP contribution >= 0.6 is 24.4 Å². The van der Waals surface area contributed by atoms with Gasteiger partial charge in [-0.3, -0.25) is 14.4 Å². The lowest BCUT2D eigenvalue weighted by molar-refractivity contribution is -0.143. The van der Waals surface area contributed by atoms with Crippen LogP contribution in [-0.4, -0.2) is 60.6 Å². The van der Waals surface area contributed by atoms with Crippen molar-refractivity contribution in [1.29, 1.82) is 0 Å². The molecular weight excluding hydrogens is 574 g/mol. The number of hydrogen-bond acceptors (Lipinski definition) is 8. The number of alkyl carbamates (subject to hydrolysis) is 1. The minimum atomic E-state index is -1.05. The monoisotopic (exact) mass is 609 g/mol. The number of benzene rings is 3. The summed E-state index contributed by atoms with van der Waals surface area (Å²) in [7, 11) is 0. The van der Waals surface area contributed by atoms with E-state index in [1.807, 2.05) is 91.0 Å². The second-order valence-corrected chi connectivity index (χ2v) is 10.6. The van der Waals surface area contributed by atoms with Gasteiger partial charge in [0, 0.05) is 11.5 Å². The Hall–Kier alpha value is -3.96. The van der Waals surface area contributed by atoms with Gasteiger partial charge in [-0.05, 0) is 23.6 Å². The third-order valence-corrected chi connectivity index (χ3v) is 7.75. The Morgan fingerprint density at radius 2 is 1.33 bits per heavy atom. The largest absolute Gasteiger partial charge is 0.465 e. The summed E-state index contributed by atoms with van der Waals surface area (Å²) >= 11 is 5.67. The predicted molar refractivity (Wildman–Crippen MR) is 166 cm³/mol. The molecule has 3 N–H and O–H groups in total. The first-order chi connectivity index (χ1) is 20.4. The van der Waals surface area contributed by atoms with E-state index in [1.54, 1.807) is 6.92 Å². The maximum absolute atomic E-state index is 13.5. The second-order valence-electron chi connectivity index (χ2n) is 9.06. The third-order valence-electron chi connectivity index (χ3n) is 5.98. The number of hydrogen-bond donors (Lipinski definition) is 4. The lowest BCUT2D eigenvalue weighted by Gasteiger charge is -2.24. The van der Waals surface area contributed by atoms with E-state index in [2.05, 4.69) is 28.6 Å². The maximum atomic E-state index is 13.5. The van der Waals surface area contributed by atoms with Crippen LogP contribution in [0.1, 0.15) is 28.9 Å². The van der Waals surface area contributed by atoms with Crippen molar-refractivity contribution in [2.45, 2.75) is 30.9 Å². The highest BCUT2D eigenvalue weighted by Gasteiger charge is 2.28. The topological polar surface area (TPSA) is 123 Å². The first kappa shape index (κ1) is 32.6. The van der Waals surface area contributed by atoms with Crippen LogP contribution in [0.15, 0.2) is 91.0 Å². The average Bonchev–Trinajstić information content (AvgIpc) is 3.02. The van der Waals surface area contributed by atoms with Crippen molar-refractivity contribution in [3.63, 3.8) is 0 Å². The molecule has 0 saturated carbocycles. The number of ether oxygens (including phenoxy) is 2. The Balaban J connectivity index is 1.74. The number of amides is 3. The first-order valence-corrected chi connectivity index (χ1v) is 15.1. The van der Waals surface area contributed by atoms with Gasteiger partial charge in [-0.25, -0.2) is 4.79 Å². The van der Waals surface area contributed by atoms with E-state index in [0.29, 0.717) is 0 Å². The molecule has 0 aromatic heterocycles. The van der Waals surface area contributed by atoms with Gasteiger partial charge in [0.25, 0.3) is 0 Å². The fourth-order valence-electron chi connectivity index (χ4n) is 3.88. The molecule has 0 heterocycles. The van der Waals surface area contributed by atoms with E-state index in [9.17, 15) is 19.2 Å². The second kappa shape index (κ2) is 17.8. The molecule has 0 bridgehead atoms. The molecule has 0 fully saturated rings. The molecule has 3 amide bonds. The van der Waals surface area contributed by atoms with Crippen molar-refractivity contribution in [3.8, 4) is 0 Å². The summed E-state index contributed by atoms with van der Waals surface area (Å²) in [4.78, 5) is 50.5. The zero-order chi connectivity index (χ0) is 30.2. The molecule has 0 unspecified atom stereocenters. The minimum Gasteiger partial charge on any atom is -0.465 e. The SMILES string of the molecule is CCOC(=O)CNC(=O)[C@H](CS)NC(=O)[C@H](CSC(c1ccccc1)c1ccccc1)NC(=O)OCc1ccccc1. The van der Waals surface area contributed by atoms with Crippen LogP contribution in [0.3, 0.4) is 0 Å². The highest BCUT2D eigenvalue weighted by Crippen LogP contribution is 2.35. The molecule has 11 heteroatoms. The van der Waals surface area contributed by atoms with Crippen LogP contribution in [0.25, 0.3) is 0 Å². The number of carbonyl (C=O) groups excluding carboxylic acids is 4. The number of esters is 1. The van der Waals surface area contributed by atoms with Gasteiger partial charge in [0.1, 0.15) is 25.2 Å². The molecule has 0 aliphatic heterocycles. The van der Waals surface area contributed by atoms with Gasteiger partial charge in [0.15, 0.2) is 0 Å². The van der Waals surface area contributed by atoms with Gasteiger partial charge in [0.2, 0.25) is 11.8 Å². The minimum absolute atomic E-state index is 0.0281. The van der Waals surface area contributed by atoms with Crippen molar-refractivity contribution in [1.82, 2.24) is 16.0 Å². The molecule has 0 aliphatic carbocycles. The molecule has 0 spiro atoms. The molecule has 3 aromatic carbocycles. The molecule has 0 saturated heterocycles. The fraction of sp³-hybridized carbons (Fsp3) is 0.290. The Morgan fingerprint density at radius 1 is 0.762 bits per heavy atom. The van der Waals surface area contributed by atoms with Gasteiger partial charge >= 0.3 is 12.1 Å². The molecule has 3 rings (SSSR count). The lowest BCUT2D eigenvalue weighted by atomic mass is 10.0. The number of carbonyl (C=O) groups is 4. The molecule has 2 atom stereocenters. The molecule has 0 radical (unpaired) electrons. The van der Waals surface area contributed by atoms with E-state index in [0.717, 1.165) is 16.7 Å². The average molecular weight is 610 g/mol. The smallest absolute Gasteiger partial charge is 0.408 e. The summed E-state index contributed by atoms with van der Waals surface area (Å²) in [5.74, 6) is -1.65. The van der Waals surface area contributed by atoms with Gasteiger partial charge in [-0.1, -0.05) is 91.0 Å². The summed E-state index contributed by atoms with van der Waals surface area (Å²) < 4.78 is 10.2. The molecule has 9 nitrogen and oxygen atoms in total. The highest BCUT2D eigenvalue weighted by molar-refractivity contribution is 7.99. The zero-order valence-corrected chi connectivity index (χ0v) is 24.9. The van der Waals surface area contributed by atoms with E-state index < -0.39 is 36.0 Å². The van der Waals surface area contributed by atoms with Crippen molar-refractivity contribution in [3.05, 3.63) is 108 Å². The van der Waals surface area contributed by atoms with E-state index in [1.165, 1.54) is 11.8 Å². The van der Waals surface area contributed by atoms with Crippen LogP contribution in [0, 0.1) is 0 Å². The van der Waals surface area contributed by atoms with Crippen LogP contribution < -0.4 is 16.0 Å². The summed E-state index contributed by atoms with van der Waals surface area (Å²) in [5, 5.41) is 7.61. The number of nitrogens with one attached hydrogen (secondary N) is 3. The van der Waals surface area contributed by atoms with Crippen LogP contribution in [-0.2, 0) is 30.5 Å². The predicted octanol–water partition coefficient (Wildman–Crippen LogP) is 3.90. The first-order valence-electron chi connectivity index (χ1n) is 13.4. The highest BCUT2D eigenvalue weighted by atomic mass is 32.2. The molecule has 3 aromatic rings. The van der Waals surface area contributed by atoms with E-state index in [-0.39, 0.29) is 36.5 Å². The maximum Gasteiger partial charge on any atom is 0.408 e. The van der Waals surface area contributed by atoms with Crippen molar-refractivity contribution in [2.75, 3.05) is 24.7 Å². The Bertz CT molecular complexity index is 1240. The molecule has 222 valence electrons. The van der Waals surface area contributed by atoms with Crippen LogP contribution in [0.5, 0.6) is 0 Å². The number of thiol groups is 1.